The summed E-state index contributed by atoms with van der Waals surface area (Å²) in [6.45, 7) is 1.78. The van der Waals surface area contributed by atoms with E-state index in [0.717, 1.165) is 5.56 Å². The van der Waals surface area contributed by atoms with E-state index in [9.17, 15) is 12.8 Å². The van der Waals surface area contributed by atoms with Crippen molar-refractivity contribution in [3.63, 3.8) is 0 Å². The zero-order chi connectivity index (χ0) is 14.6. The second kappa shape index (κ2) is 6.15. The van der Waals surface area contributed by atoms with E-state index >= 15 is 0 Å². The Morgan fingerprint density at radius 1 is 1.05 bits per heavy atom. The van der Waals surface area contributed by atoms with Gasteiger partial charge in [0.1, 0.15) is 5.82 Å². The third-order valence-corrected chi connectivity index (χ3v) is 4.20. The van der Waals surface area contributed by atoms with Crippen LogP contribution in [0.4, 0.5) is 4.39 Å². The first-order valence-corrected chi connectivity index (χ1v) is 7.59. The molecule has 0 radical (unpaired) electrons. The largest absolute Gasteiger partial charge is 0.296 e. The van der Waals surface area contributed by atoms with E-state index in [1.165, 1.54) is 18.2 Å². The van der Waals surface area contributed by atoms with Gasteiger partial charge in [0, 0.05) is 6.42 Å². The Labute approximate surface area is 118 Å². The summed E-state index contributed by atoms with van der Waals surface area (Å²) < 4.78 is 42.1. The number of rotatable bonds is 5. The lowest BCUT2D eigenvalue weighted by Crippen LogP contribution is -2.09. The van der Waals surface area contributed by atoms with E-state index in [1.807, 2.05) is 6.92 Å². The van der Waals surface area contributed by atoms with Crippen molar-refractivity contribution in [1.82, 2.24) is 0 Å². The minimum absolute atomic E-state index is 0.0862. The average molecular weight is 294 g/mol. The molecule has 2 aromatic rings. The predicted molar refractivity (Wildman–Crippen MR) is 74.4 cm³/mol. The van der Waals surface area contributed by atoms with Crippen LogP contribution in [0.5, 0.6) is 0 Å². The molecule has 0 amide bonds. The van der Waals surface area contributed by atoms with E-state index in [1.54, 1.807) is 30.3 Å². The summed E-state index contributed by atoms with van der Waals surface area (Å²) in [6, 6.07) is 12.6. The predicted octanol–water partition coefficient (Wildman–Crippen LogP) is 3.08. The third-order valence-electron chi connectivity index (χ3n) is 2.88. The van der Waals surface area contributed by atoms with Crippen molar-refractivity contribution in [1.29, 1.82) is 0 Å². The van der Waals surface area contributed by atoms with Gasteiger partial charge < -0.3 is 0 Å². The summed E-state index contributed by atoms with van der Waals surface area (Å²) in [5.74, 6) is -0.358. The molecule has 0 N–H and O–H groups in total. The normalized spacial score (nSPS) is 11.5. The second-order valence-electron chi connectivity index (χ2n) is 4.43. The fraction of sp³-hybridized carbons (Fsp3) is 0.200. The minimum atomic E-state index is -3.78. The van der Waals surface area contributed by atoms with Gasteiger partial charge in [-0.25, -0.2) is 4.39 Å². The minimum Gasteiger partial charge on any atom is -0.266 e. The molecule has 0 saturated carbocycles. The molecule has 0 atom stereocenters. The highest BCUT2D eigenvalue weighted by Crippen LogP contribution is 2.14. The van der Waals surface area contributed by atoms with Gasteiger partial charge in [-0.15, -0.1) is 0 Å². The standard InChI is InChI=1S/C15H15FO3S/c1-12-6-8-14(9-7-12)20(17,18)19-11-10-13-4-2-3-5-15(13)16/h2-9H,10-11H2,1H3. The summed E-state index contributed by atoms with van der Waals surface area (Å²) in [5.41, 5.74) is 1.40. The molecule has 0 fully saturated rings. The summed E-state index contributed by atoms with van der Waals surface area (Å²) in [4.78, 5) is 0.108. The lowest BCUT2D eigenvalue weighted by Gasteiger charge is -2.06. The average Bonchev–Trinajstić information content (AvgIpc) is 2.41. The highest BCUT2D eigenvalue weighted by Gasteiger charge is 2.14. The van der Waals surface area contributed by atoms with Crippen LogP contribution in [0.3, 0.4) is 0 Å². The molecule has 3 nitrogen and oxygen atoms in total. The molecule has 0 saturated heterocycles. The maximum Gasteiger partial charge on any atom is 0.296 e. The van der Waals surface area contributed by atoms with Crippen LogP contribution in [0.15, 0.2) is 53.4 Å². The number of hydrogen-bond donors (Lipinski definition) is 0. The smallest absolute Gasteiger partial charge is 0.266 e. The first-order chi connectivity index (χ1) is 9.49. The van der Waals surface area contributed by atoms with Gasteiger partial charge in [-0.2, -0.15) is 8.42 Å². The van der Waals surface area contributed by atoms with Gasteiger partial charge >= 0.3 is 0 Å². The SMILES string of the molecule is Cc1ccc(S(=O)(=O)OCCc2ccccc2F)cc1. The van der Waals surface area contributed by atoms with E-state index in [2.05, 4.69) is 0 Å². The van der Waals surface area contributed by atoms with Crippen LogP contribution in [-0.4, -0.2) is 15.0 Å². The Kier molecular flexibility index (Phi) is 4.52. The molecule has 0 aromatic heterocycles. The highest BCUT2D eigenvalue weighted by atomic mass is 32.2. The van der Waals surface area contributed by atoms with Crippen LogP contribution >= 0.6 is 0 Å². The van der Waals surface area contributed by atoms with Gasteiger partial charge in [0.25, 0.3) is 10.1 Å². The Morgan fingerprint density at radius 3 is 2.35 bits per heavy atom. The maximum absolute atomic E-state index is 13.4. The summed E-state index contributed by atoms with van der Waals surface area (Å²) in [5, 5.41) is 0. The number of hydrogen-bond acceptors (Lipinski definition) is 3. The van der Waals surface area contributed by atoms with Crippen molar-refractivity contribution < 1.29 is 17.0 Å². The topological polar surface area (TPSA) is 43.4 Å². The monoisotopic (exact) mass is 294 g/mol. The molecule has 0 aliphatic rings. The van der Waals surface area contributed by atoms with E-state index in [0.29, 0.717) is 5.56 Å². The molecule has 0 unspecified atom stereocenters. The van der Waals surface area contributed by atoms with Crippen LogP contribution in [0.2, 0.25) is 0 Å². The van der Waals surface area contributed by atoms with Crippen molar-refractivity contribution in [2.45, 2.75) is 18.2 Å². The van der Waals surface area contributed by atoms with Crippen molar-refractivity contribution in [3.05, 3.63) is 65.5 Å². The summed E-state index contributed by atoms with van der Waals surface area (Å²) in [7, 11) is -3.78. The van der Waals surface area contributed by atoms with Crippen LogP contribution in [0.25, 0.3) is 0 Å². The Morgan fingerprint density at radius 2 is 1.70 bits per heavy atom. The molecule has 0 heterocycles. The quantitative estimate of drug-likeness (QED) is 0.796. The number of halogens is 1. The zero-order valence-corrected chi connectivity index (χ0v) is 11.9. The summed E-state index contributed by atoms with van der Waals surface area (Å²) in [6.07, 6.45) is 0.206. The van der Waals surface area contributed by atoms with Crippen molar-refractivity contribution in [2.24, 2.45) is 0 Å². The molecule has 2 rings (SSSR count). The Hall–Kier alpha value is -1.72. The highest BCUT2D eigenvalue weighted by molar-refractivity contribution is 7.86. The first-order valence-electron chi connectivity index (χ1n) is 6.18. The second-order valence-corrected chi connectivity index (χ2v) is 6.05. The Bertz CT molecular complexity index is 679. The Balaban J connectivity index is 2.00. The molecule has 5 heteroatoms. The van der Waals surface area contributed by atoms with E-state index < -0.39 is 10.1 Å². The van der Waals surface area contributed by atoms with Gasteiger partial charge in [-0.3, -0.25) is 4.18 Å². The van der Waals surface area contributed by atoms with Crippen LogP contribution in [0, 0.1) is 12.7 Å². The van der Waals surface area contributed by atoms with E-state index in [4.69, 9.17) is 4.18 Å². The zero-order valence-electron chi connectivity index (χ0n) is 11.0. The molecule has 0 aliphatic heterocycles. The van der Waals surface area contributed by atoms with Crippen LogP contribution < -0.4 is 0 Å². The fourth-order valence-corrected chi connectivity index (χ4v) is 2.64. The molecular weight excluding hydrogens is 279 g/mol. The summed E-state index contributed by atoms with van der Waals surface area (Å²) >= 11 is 0. The van der Waals surface area contributed by atoms with Crippen LogP contribution in [0.1, 0.15) is 11.1 Å². The molecule has 0 spiro atoms. The van der Waals surface area contributed by atoms with Crippen molar-refractivity contribution in [2.75, 3.05) is 6.61 Å². The lowest BCUT2D eigenvalue weighted by atomic mass is 10.1. The van der Waals surface area contributed by atoms with Crippen LogP contribution in [-0.2, 0) is 20.7 Å². The molecule has 20 heavy (non-hydrogen) atoms. The number of benzene rings is 2. The van der Waals surface area contributed by atoms with Crippen molar-refractivity contribution >= 4 is 10.1 Å². The van der Waals surface area contributed by atoms with Gasteiger partial charge in [-0.05, 0) is 30.7 Å². The molecule has 0 aliphatic carbocycles. The first kappa shape index (κ1) is 14.7. The maximum atomic E-state index is 13.4. The third kappa shape index (κ3) is 3.65. The van der Waals surface area contributed by atoms with Gasteiger partial charge in [0.05, 0.1) is 11.5 Å². The molecule has 106 valence electrons. The van der Waals surface area contributed by atoms with Crippen molar-refractivity contribution in [3.8, 4) is 0 Å². The number of aryl methyl sites for hydroxylation is 1. The fourth-order valence-electron chi connectivity index (χ4n) is 1.74. The van der Waals surface area contributed by atoms with Gasteiger partial charge in [-0.1, -0.05) is 35.9 Å². The molecular formula is C15H15FO3S. The molecule has 2 aromatic carbocycles. The van der Waals surface area contributed by atoms with Gasteiger partial charge in [0.2, 0.25) is 0 Å². The molecule has 0 bridgehead atoms. The lowest BCUT2D eigenvalue weighted by molar-refractivity contribution is 0.320. The van der Waals surface area contributed by atoms with Gasteiger partial charge in [0.15, 0.2) is 0 Å². The van der Waals surface area contributed by atoms with E-state index in [-0.39, 0.29) is 23.7 Å².